The van der Waals surface area contributed by atoms with Crippen LogP contribution in [0.1, 0.15) is 70.6 Å². The van der Waals surface area contributed by atoms with E-state index in [1.54, 1.807) is 18.0 Å². The average molecular weight is 509 g/mol. The second-order valence-electron chi connectivity index (χ2n) is 10.6. The second-order valence-corrected chi connectivity index (χ2v) is 12.5. The Morgan fingerprint density at radius 3 is 2.40 bits per heavy atom. The molecule has 2 amide bonds. The summed E-state index contributed by atoms with van der Waals surface area (Å²) >= 11 is 0. The first-order valence-corrected chi connectivity index (χ1v) is 14.4. The van der Waals surface area contributed by atoms with E-state index in [1.165, 1.54) is 0 Å². The molecule has 35 heavy (non-hydrogen) atoms. The van der Waals surface area contributed by atoms with Gasteiger partial charge < -0.3 is 10.0 Å². The first kappa shape index (κ1) is 27.6. The highest BCUT2D eigenvalue weighted by Gasteiger charge is 2.59. The summed E-state index contributed by atoms with van der Waals surface area (Å²) in [7, 11) is -1.89. The molecule has 0 spiro atoms. The standard InChI is InChI=1S/C26H40N2O6S/c1-4-6-7-8-14-28(3)24(31)22-16-19(29)15-21(22)23(30)10-9-13-26(17-18(26)5-2)25(32)27-35(33,34)20-11-12-20/h4-5,18-22,29H,1-2,6-17H2,3H3,(H,27,32)/t18-,19+,21-,22-,26+/m1/s1. The van der Waals surface area contributed by atoms with Crippen molar-refractivity contribution < 1.29 is 27.9 Å². The number of unbranched alkanes of at least 4 members (excludes halogenated alkanes) is 2. The molecule has 0 aliphatic heterocycles. The lowest BCUT2D eigenvalue weighted by Crippen LogP contribution is -2.39. The maximum absolute atomic E-state index is 13.1. The van der Waals surface area contributed by atoms with Crippen LogP contribution in [0.5, 0.6) is 0 Å². The Hall–Kier alpha value is -2.00. The Kier molecular flexibility index (Phi) is 8.96. The highest BCUT2D eigenvalue weighted by atomic mass is 32.2. The number of rotatable bonds is 15. The van der Waals surface area contributed by atoms with E-state index in [1.807, 2.05) is 6.08 Å². The van der Waals surface area contributed by atoms with Crippen LogP contribution in [0, 0.1) is 23.2 Å². The molecule has 0 aromatic heterocycles. The van der Waals surface area contributed by atoms with Gasteiger partial charge in [0.15, 0.2) is 0 Å². The van der Waals surface area contributed by atoms with Crippen molar-refractivity contribution in [2.45, 2.75) is 82.0 Å². The quantitative estimate of drug-likeness (QED) is 0.259. The number of amides is 2. The fourth-order valence-corrected chi connectivity index (χ4v) is 6.82. The van der Waals surface area contributed by atoms with Gasteiger partial charge in [0.25, 0.3) is 0 Å². The van der Waals surface area contributed by atoms with Gasteiger partial charge in [-0.3, -0.25) is 19.1 Å². The molecule has 3 aliphatic rings. The molecule has 0 unspecified atom stereocenters. The molecular formula is C26H40N2O6S. The predicted octanol–water partition coefficient (Wildman–Crippen LogP) is 2.73. The van der Waals surface area contributed by atoms with Crippen LogP contribution in [0.15, 0.2) is 25.3 Å². The molecule has 9 heteroatoms. The van der Waals surface area contributed by atoms with Crippen LogP contribution in [0.3, 0.4) is 0 Å². The van der Waals surface area contributed by atoms with Crippen LogP contribution in [-0.2, 0) is 24.4 Å². The van der Waals surface area contributed by atoms with Crippen molar-refractivity contribution in [2.75, 3.05) is 13.6 Å². The number of hydrogen-bond donors (Lipinski definition) is 2. The summed E-state index contributed by atoms with van der Waals surface area (Å²) in [6.07, 6.45) is 8.79. The van der Waals surface area contributed by atoms with Crippen LogP contribution in [0.2, 0.25) is 0 Å². The van der Waals surface area contributed by atoms with Crippen LogP contribution >= 0.6 is 0 Å². The van der Waals surface area contributed by atoms with Gasteiger partial charge in [-0.2, -0.15) is 0 Å². The number of ketones is 1. The Labute approximate surface area is 209 Å². The third-order valence-corrected chi connectivity index (χ3v) is 9.73. The summed E-state index contributed by atoms with van der Waals surface area (Å²) in [4.78, 5) is 40.6. The smallest absolute Gasteiger partial charge is 0.240 e. The van der Waals surface area contributed by atoms with Crippen molar-refractivity contribution in [2.24, 2.45) is 23.2 Å². The summed E-state index contributed by atoms with van der Waals surface area (Å²) in [6, 6.07) is 0. The lowest BCUT2D eigenvalue weighted by Gasteiger charge is -2.24. The molecule has 0 saturated heterocycles. The molecule has 0 aromatic carbocycles. The number of nitrogens with zero attached hydrogens (tertiary/aromatic N) is 1. The van der Waals surface area contributed by atoms with Gasteiger partial charge >= 0.3 is 0 Å². The Balaban J connectivity index is 1.54. The molecule has 2 N–H and O–H groups in total. The summed E-state index contributed by atoms with van der Waals surface area (Å²) in [5.41, 5.74) is -0.833. The van der Waals surface area contributed by atoms with E-state index in [0.29, 0.717) is 38.6 Å². The number of nitrogens with one attached hydrogen (secondary N) is 1. The highest BCUT2D eigenvalue weighted by Crippen LogP contribution is 2.57. The van der Waals surface area contributed by atoms with Gasteiger partial charge in [0.05, 0.1) is 22.7 Å². The second kappa shape index (κ2) is 11.4. The minimum absolute atomic E-state index is 0.0723. The number of aliphatic hydroxyl groups excluding tert-OH is 1. The minimum Gasteiger partial charge on any atom is -0.393 e. The number of aliphatic hydroxyl groups is 1. The summed E-state index contributed by atoms with van der Waals surface area (Å²) in [5.74, 6) is -1.83. The maximum Gasteiger partial charge on any atom is 0.240 e. The summed E-state index contributed by atoms with van der Waals surface area (Å²) in [5, 5.41) is 9.73. The number of sulfonamides is 1. The van der Waals surface area contributed by atoms with E-state index < -0.39 is 44.5 Å². The van der Waals surface area contributed by atoms with Crippen LogP contribution < -0.4 is 4.72 Å². The van der Waals surface area contributed by atoms with E-state index in [4.69, 9.17) is 0 Å². The number of Topliss-reactive ketones (excluding diaryl/α,β-unsaturated/α-hetero) is 1. The van der Waals surface area contributed by atoms with Gasteiger partial charge in [0, 0.05) is 25.9 Å². The Bertz CT molecular complexity index is 943. The van der Waals surface area contributed by atoms with E-state index in [-0.39, 0.29) is 36.9 Å². The van der Waals surface area contributed by atoms with Gasteiger partial charge in [-0.05, 0) is 70.1 Å². The van der Waals surface area contributed by atoms with Crippen LogP contribution in [0.25, 0.3) is 0 Å². The topological polar surface area (TPSA) is 121 Å². The molecule has 3 aliphatic carbocycles. The summed E-state index contributed by atoms with van der Waals surface area (Å²) < 4.78 is 26.7. The maximum atomic E-state index is 13.1. The molecule has 0 bridgehead atoms. The fourth-order valence-electron chi connectivity index (χ4n) is 5.43. The number of carbonyl (C=O) groups excluding carboxylic acids is 3. The van der Waals surface area contributed by atoms with E-state index >= 15 is 0 Å². The van der Waals surface area contributed by atoms with Crippen LogP contribution in [-0.4, -0.2) is 61.0 Å². The molecule has 3 fully saturated rings. The van der Waals surface area contributed by atoms with E-state index in [2.05, 4.69) is 17.9 Å². The molecule has 3 saturated carbocycles. The normalized spacial score (nSPS) is 29.9. The van der Waals surface area contributed by atoms with E-state index in [9.17, 15) is 27.9 Å². The average Bonchev–Trinajstić information content (AvgIpc) is 3.73. The van der Waals surface area contributed by atoms with Gasteiger partial charge in [0.1, 0.15) is 5.78 Å². The van der Waals surface area contributed by atoms with E-state index in [0.717, 1.165) is 19.3 Å². The van der Waals surface area contributed by atoms with Gasteiger partial charge in [-0.25, -0.2) is 8.42 Å². The molecule has 8 nitrogen and oxygen atoms in total. The molecule has 5 atom stereocenters. The Morgan fingerprint density at radius 2 is 1.80 bits per heavy atom. The molecule has 0 aromatic rings. The van der Waals surface area contributed by atoms with Crippen molar-refractivity contribution in [1.29, 1.82) is 0 Å². The van der Waals surface area contributed by atoms with Gasteiger partial charge in [-0.1, -0.05) is 12.2 Å². The molecular weight excluding hydrogens is 468 g/mol. The summed E-state index contributed by atoms with van der Waals surface area (Å²) in [6.45, 7) is 8.07. The molecule has 0 heterocycles. The fraction of sp³-hybridized carbons (Fsp3) is 0.731. The van der Waals surface area contributed by atoms with Crippen molar-refractivity contribution in [1.82, 2.24) is 9.62 Å². The zero-order valence-corrected chi connectivity index (χ0v) is 21.6. The van der Waals surface area contributed by atoms with Crippen molar-refractivity contribution >= 4 is 27.6 Å². The van der Waals surface area contributed by atoms with Crippen molar-refractivity contribution in [3.63, 3.8) is 0 Å². The van der Waals surface area contributed by atoms with Gasteiger partial charge in [-0.15, -0.1) is 13.2 Å². The van der Waals surface area contributed by atoms with Crippen LogP contribution in [0.4, 0.5) is 0 Å². The molecule has 196 valence electrons. The first-order chi connectivity index (χ1) is 16.6. The lowest BCUT2D eigenvalue weighted by molar-refractivity contribution is -0.139. The minimum atomic E-state index is -3.63. The Morgan fingerprint density at radius 1 is 1.11 bits per heavy atom. The number of carbonyl (C=O) groups is 3. The van der Waals surface area contributed by atoms with Crippen molar-refractivity contribution in [3.8, 4) is 0 Å². The van der Waals surface area contributed by atoms with Gasteiger partial charge in [0.2, 0.25) is 21.8 Å². The monoisotopic (exact) mass is 508 g/mol. The largest absolute Gasteiger partial charge is 0.393 e. The zero-order chi connectivity index (χ0) is 25.8. The van der Waals surface area contributed by atoms with Crippen molar-refractivity contribution in [3.05, 3.63) is 25.3 Å². The number of hydrogen-bond acceptors (Lipinski definition) is 6. The highest BCUT2D eigenvalue weighted by molar-refractivity contribution is 7.90. The third-order valence-electron chi connectivity index (χ3n) is 7.91. The first-order valence-electron chi connectivity index (χ1n) is 12.8. The lowest BCUT2D eigenvalue weighted by atomic mass is 9.86. The number of allylic oxidation sites excluding steroid dienone is 2. The zero-order valence-electron chi connectivity index (χ0n) is 20.8. The third kappa shape index (κ3) is 6.61. The SMILES string of the molecule is C=CCCCCN(C)C(=O)[C@@H]1C[C@@H](O)C[C@H]1C(=O)CCC[C@]1(C(=O)NS(=O)(=O)C2CC2)C[C@H]1C=C. The molecule has 0 radical (unpaired) electrons. The predicted molar refractivity (Wildman–Crippen MR) is 134 cm³/mol. The molecule has 3 rings (SSSR count).